The van der Waals surface area contributed by atoms with Gasteiger partial charge in [-0.25, -0.2) is 43.9 Å². The zero-order valence-corrected chi connectivity index (χ0v) is 53.4. The van der Waals surface area contributed by atoms with Crippen LogP contribution in [0.5, 0.6) is 28.7 Å². The van der Waals surface area contributed by atoms with Gasteiger partial charge in [0.2, 0.25) is 11.6 Å². The molecule has 94 heavy (non-hydrogen) atoms. The molecule has 0 saturated heterocycles. The molecule has 12 rings (SSSR count). The molecule has 1 spiro atoms. The van der Waals surface area contributed by atoms with E-state index >= 15 is 26.3 Å². The van der Waals surface area contributed by atoms with Crippen molar-refractivity contribution in [3.05, 3.63) is 214 Å². The first kappa shape index (κ1) is 65.3. The van der Waals surface area contributed by atoms with Crippen molar-refractivity contribution in [1.29, 1.82) is 0 Å². The Labute approximate surface area is 542 Å². The van der Waals surface area contributed by atoms with Crippen LogP contribution in [-0.4, -0.2) is 19.8 Å². The molecule has 0 fully saturated rings. The molecule has 488 valence electrons. The highest BCUT2D eigenvalue weighted by molar-refractivity contribution is 5.98. The van der Waals surface area contributed by atoms with E-state index in [1.807, 2.05) is 95.9 Å². The van der Waals surface area contributed by atoms with Gasteiger partial charge in [0, 0.05) is 5.69 Å². The Morgan fingerprint density at radius 2 is 0.766 bits per heavy atom. The molecule has 9 aromatic carbocycles. The van der Waals surface area contributed by atoms with Crippen LogP contribution in [0.15, 0.2) is 133 Å². The summed E-state index contributed by atoms with van der Waals surface area (Å²) in [6.07, 6.45) is 11.9. The third-order valence-electron chi connectivity index (χ3n) is 19.4. The fourth-order valence-electron chi connectivity index (χ4n) is 13.9. The molecule has 0 bridgehead atoms. The number of halogens is 10. The van der Waals surface area contributed by atoms with E-state index in [1.165, 1.54) is 30.3 Å². The minimum Gasteiger partial charge on any atom is -0.493 e. The van der Waals surface area contributed by atoms with Gasteiger partial charge in [-0.2, -0.15) is 0 Å². The number of hydrogen-bond acceptors (Lipinski definition) is 5. The second kappa shape index (κ2) is 27.3. The maximum Gasteiger partial charge on any atom is 0.200 e. The smallest absolute Gasteiger partial charge is 0.200 e. The first-order valence-corrected chi connectivity index (χ1v) is 32.9. The number of nitrogens with zero attached hydrogens (tertiary/aromatic N) is 1. The lowest BCUT2D eigenvalue weighted by Crippen LogP contribution is -2.26. The van der Waals surface area contributed by atoms with Gasteiger partial charge in [-0.1, -0.05) is 160 Å². The lowest BCUT2D eigenvalue weighted by Gasteiger charge is -2.34. The number of hydrogen-bond donors (Lipinski definition) is 0. The van der Waals surface area contributed by atoms with Gasteiger partial charge in [-0.05, 0) is 177 Å². The van der Waals surface area contributed by atoms with Crippen LogP contribution in [-0.2, 0) is 5.41 Å². The summed E-state index contributed by atoms with van der Waals surface area (Å²) in [5.74, 6) is -18.1. The van der Waals surface area contributed by atoms with Crippen molar-refractivity contribution >= 4 is 17.1 Å². The van der Waals surface area contributed by atoms with Crippen molar-refractivity contribution in [2.45, 2.75) is 124 Å². The Balaban J connectivity index is 1.04. The average molecular weight is 1290 g/mol. The average Bonchev–Trinajstić information content (AvgIpc) is 1.51. The fraction of sp³-hybridized carbons (Fsp3) is 0.316. The number of fused-ring (bicyclic) bond motifs is 12. The van der Waals surface area contributed by atoms with E-state index in [-0.39, 0.29) is 34.5 Å². The quantitative estimate of drug-likeness (QED) is 0.0324. The van der Waals surface area contributed by atoms with Crippen LogP contribution in [0.25, 0.3) is 55.6 Å². The highest BCUT2D eigenvalue weighted by Crippen LogP contribution is 2.65. The molecule has 0 saturated carbocycles. The molecule has 4 atom stereocenters. The molecule has 1 aliphatic heterocycles. The number of rotatable bonds is 25. The van der Waals surface area contributed by atoms with Crippen LogP contribution >= 0.6 is 0 Å². The summed E-state index contributed by atoms with van der Waals surface area (Å²) >= 11 is 0. The second-order valence-electron chi connectivity index (χ2n) is 25.0. The number of ether oxygens (including phenoxy) is 4. The van der Waals surface area contributed by atoms with Gasteiger partial charge in [-0.3, -0.25) is 0 Å². The minimum absolute atomic E-state index is 0.0309. The molecule has 15 heteroatoms. The van der Waals surface area contributed by atoms with Gasteiger partial charge in [0.15, 0.2) is 69.5 Å². The lowest BCUT2D eigenvalue weighted by molar-refractivity contribution is 0.199. The van der Waals surface area contributed by atoms with Crippen LogP contribution in [0.4, 0.5) is 61.0 Å². The minimum atomic E-state index is -2.29. The van der Waals surface area contributed by atoms with Crippen LogP contribution in [0.1, 0.15) is 141 Å². The third-order valence-corrected chi connectivity index (χ3v) is 19.4. The number of unbranched alkanes of at least 4 members (excludes halogenated alkanes) is 3. The van der Waals surface area contributed by atoms with Gasteiger partial charge in [-0.15, -0.1) is 0 Å². The molecular weight excluding hydrogens is 1220 g/mol. The van der Waals surface area contributed by atoms with E-state index in [0.717, 1.165) is 105 Å². The Bertz CT molecular complexity index is 4280. The normalized spacial score (nSPS) is 15.0. The summed E-state index contributed by atoms with van der Waals surface area (Å²) in [6, 6.07) is 39.1. The van der Waals surface area contributed by atoms with Crippen molar-refractivity contribution in [2.24, 2.45) is 17.8 Å². The zero-order valence-electron chi connectivity index (χ0n) is 53.4. The van der Waals surface area contributed by atoms with E-state index in [9.17, 15) is 17.6 Å². The molecule has 0 N–H and O–H groups in total. The molecule has 0 amide bonds. The van der Waals surface area contributed by atoms with Crippen molar-refractivity contribution in [3.63, 3.8) is 0 Å². The van der Waals surface area contributed by atoms with E-state index in [2.05, 4.69) is 41.5 Å². The standard InChI is InChI=1S/C79H73F10NO4/c1-7-13-18-44(10-4)41-91-52-29-27-51(28-30-52)90-61-33-25-48(37-63(61)94-64-38-50(26-34-62(64)90)68-71(82)75(86)78(89)76(87)72(68)83)47-23-31-54-55-32-24-49(67-69(80)73(84)77(88)74(85)70(67)81)36-59(55)79(58(54)35-47)57-22-17-16-21-53(57)56-39-65(92-42-45(11-5)19-14-8-2)66(40-60(56)79)93-43-46(12-6)20-15-9-3/h16-17,21-40,44-46H,7-15,18-20,41-43H2,1-6H3. The molecular formula is C79H73F10NO4. The van der Waals surface area contributed by atoms with E-state index in [1.54, 1.807) is 12.1 Å². The molecule has 0 aromatic heterocycles. The molecule has 9 aromatic rings. The monoisotopic (exact) mass is 1290 g/mol. The van der Waals surface area contributed by atoms with Crippen LogP contribution < -0.4 is 23.8 Å². The molecule has 3 aliphatic rings. The maximum atomic E-state index is 16.1. The summed E-state index contributed by atoms with van der Waals surface area (Å²) in [4.78, 5) is 1.86. The maximum absolute atomic E-state index is 16.1. The van der Waals surface area contributed by atoms with Gasteiger partial charge in [0.05, 0.1) is 47.7 Å². The highest BCUT2D eigenvalue weighted by Gasteiger charge is 2.53. The van der Waals surface area contributed by atoms with Crippen LogP contribution in [0.3, 0.4) is 0 Å². The van der Waals surface area contributed by atoms with Gasteiger partial charge < -0.3 is 23.8 Å². The zero-order chi connectivity index (χ0) is 66.3. The summed E-state index contributed by atoms with van der Waals surface area (Å²) in [5.41, 5.74) is 4.36. The SMILES string of the molecule is CCCCC(CC)COc1ccc(N2c3ccc(-c4ccc5c(c4)C4(c6ccccc6-c6cc(OCC(CC)CCCC)c(OCC(CC)CCCC)cc64)c4cc(-c6c(F)c(F)c(F)c(F)c6F)ccc4-5)cc3Oc3cc(-c4c(F)c(F)c(F)c(F)c4F)ccc32)cc1. The first-order chi connectivity index (χ1) is 45.5. The summed E-state index contributed by atoms with van der Waals surface area (Å²) < 4.78 is 180. The Morgan fingerprint density at radius 1 is 0.372 bits per heavy atom. The Hall–Kier alpha value is -8.72. The topological polar surface area (TPSA) is 40.2 Å². The number of benzene rings is 9. The number of anilines is 3. The fourth-order valence-corrected chi connectivity index (χ4v) is 13.9. The van der Waals surface area contributed by atoms with Crippen LogP contribution in [0, 0.1) is 75.9 Å². The Morgan fingerprint density at radius 3 is 1.28 bits per heavy atom. The summed E-state index contributed by atoms with van der Waals surface area (Å²) in [5, 5.41) is 0. The predicted octanol–water partition coefficient (Wildman–Crippen LogP) is 23.8. The van der Waals surface area contributed by atoms with E-state index in [4.69, 9.17) is 18.9 Å². The van der Waals surface area contributed by atoms with Crippen molar-refractivity contribution < 1.29 is 62.9 Å². The first-order valence-electron chi connectivity index (χ1n) is 32.9. The Kier molecular flexibility index (Phi) is 19.0. The predicted molar refractivity (Wildman–Crippen MR) is 350 cm³/mol. The second-order valence-corrected chi connectivity index (χ2v) is 25.0. The van der Waals surface area contributed by atoms with Gasteiger partial charge >= 0.3 is 0 Å². The summed E-state index contributed by atoms with van der Waals surface area (Å²) in [6.45, 7) is 14.2. The molecule has 2 aliphatic carbocycles. The lowest BCUT2D eigenvalue weighted by atomic mass is 9.70. The van der Waals surface area contributed by atoms with Gasteiger partial charge in [0.25, 0.3) is 0 Å². The van der Waals surface area contributed by atoms with Gasteiger partial charge in [0.1, 0.15) is 5.75 Å². The highest BCUT2D eigenvalue weighted by atomic mass is 19.2. The molecule has 4 unspecified atom stereocenters. The molecule has 5 nitrogen and oxygen atoms in total. The van der Waals surface area contributed by atoms with E-state index < -0.39 is 74.7 Å². The summed E-state index contributed by atoms with van der Waals surface area (Å²) in [7, 11) is 0. The van der Waals surface area contributed by atoms with Crippen molar-refractivity contribution in [3.8, 4) is 84.4 Å². The van der Waals surface area contributed by atoms with E-state index in [0.29, 0.717) is 87.9 Å². The van der Waals surface area contributed by atoms with Crippen molar-refractivity contribution in [2.75, 3.05) is 24.7 Å². The molecule has 1 heterocycles. The largest absolute Gasteiger partial charge is 0.493 e. The van der Waals surface area contributed by atoms with Crippen molar-refractivity contribution in [1.82, 2.24) is 0 Å². The molecule has 0 radical (unpaired) electrons. The third kappa shape index (κ3) is 11.5. The van der Waals surface area contributed by atoms with Crippen LogP contribution in [0.2, 0.25) is 0 Å².